The number of halogens is 1. The van der Waals surface area contributed by atoms with Crippen LogP contribution in [0.1, 0.15) is 25.3 Å². The zero-order valence-electron chi connectivity index (χ0n) is 14.7. The Hall–Kier alpha value is -2.15. The predicted octanol–water partition coefficient (Wildman–Crippen LogP) is 2.08. The Morgan fingerprint density at radius 2 is 1.92 bits per heavy atom. The van der Waals surface area contributed by atoms with Gasteiger partial charge < -0.3 is 19.7 Å². The molecule has 0 radical (unpaired) electrons. The van der Waals surface area contributed by atoms with Crippen LogP contribution in [0.4, 0.5) is 9.18 Å². The molecule has 1 aromatic rings. The summed E-state index contributed by atoms with van der Waals surface area (Å²) in [4.78, 5) is 25.0. The van der Waals surface area contributed by atoms with Gasteiger partial charge >= 0.3 is 6.09 Å². The first-order valence-electron chi connectivity index (χ1n) is 8.45. The Labute approximate surface area is 147 Å². The van der Waals surface area contributed by atoms with Gasteiger partial charge in [-0.2, -0.15) is 0 Å². The highest BCUT2D eigenvalue weighted by Crippen LogP contribution is 2.34. The van der Waals surface area contributed by atoms with Gasteiger partial charge in [0.25, 0.3) is 0 Å². The molecule has 1 saturated heterocycles. The lowest BCUT2D eigenvalue weighted by molar-refractivity contribution is -0.122. The van der Waals surface area contributed by atoms with E-state index in [-0.39, 0.29) is 30.3 Å². The Morgan fingerprint density at radius 1 is 1.28 bits per heavy atom. The molecular weight excluding hydrogens is 327 g/mol. The number of amides is 2. The molecule has 2 amide bonds. The highest BCUT2D eigenvalue weighted by atomic mass is 19.1. The Kier molecular flexibility index (Phi) is 6.75. The van der Waals surface area contributed by atoms with Gasteiger partial charge in [-0.15, -0.1) is 0 Å². The summed E-state index contributed by atoms with van der Waals surface area (Å²) in [6, 6.07) is 6.39. The number of nitrogens with one attached hydrogen (secondary N) is 1. The lowest BCUT2D eigenvalue weighted by Crippen LogP contribution is -2.47. The second kappa shape index (κ2) is 8.80. The van der Waals surface area contributed by atoms with E-state index in [1.54, 1.807) is 19.1 Å². The standard InChI is InChI=1S/C18H25FN2O4/c1-3-25-17(23)21(2)12-16(22)20-13-18(8-10-24-11-9-18)14-4-6-15(19)7-5-14/h4-7H,3,8-13H2,1-2H3,(H,20,22). The van der Waals surface area contributed by atoms with Gasteiger partial charge in [0.1, 0.15) is 12.4 Å². The van der Waals surface area contributed by atoms with E-state index in [9.17, 15) is 14.0 Å². The molecule has 0 atom stereocenters. The number of hydrogen-bond acceptors (Lipinski definition) is 4. The molecular formula is C18H25FN2O4. The van der Waals surface area contributed by atoms with Crippen molar-refractivity contribution < 1.29 is 23.5 Å². The fraction of sp³-hybridized carbons (Fsp3) is 0.556. The van der Waals surface area contributed by atoms with Crippen LogP contribution in [0.25, 0.3) is 0 Å². The zero-order valence-corrected chi connectivity index (χ0v) is 14.7. The lowest BCUT2D eigenvalue weighted by Gasteiger charge is -2.38. The minimum absolute atomic E-state index is 0.0746. The topological polar surface area (TPSA) is 67.9 Å². The number of carbonyl (C=O) groups excluding carboxylic acids is 2. The summed E-state index contributed by atoms with van der Waals surface area (Å²) in [5, 5.41) is 2.90. The van der Waals surface area contributed by atoms with Gasteiger partial charge in [-0.1, -0.05) is 12.1 Å². The lowest BCUT2D eigenvalue weighted by atomic mass is 9.74. The molecule has 6 nitrogen and oxygen atoms in total. The SMILES string of the molecule is CCOC(=O)N(C)CC(=O)NCC1(c2ccc(F)cc2)CCOCC1. The molecule has 1 fully saturated rings. The van der Waals surface area contributed by atoms with E-state index in [0.29, 0.717) is 19.8 Å². The zero-order chi connectivity index (χ0) is 18.3. The number of benzene rings is 1. The van der Waals surface area contributed by atoms with Crippen molar-refractivity contribution in [3.63, 3.8) is 0 Å². The van der Waals surface area contributed by atoms with Gasteiger partial charge in [-0.05, 0) is 37.5 Å². The van der Waals surface area contributed by atoms with Gasteiger partial charge in [-0.3, -0.25) is 4.79 Å². The minimum atomic E-state index is -0.531. The van der Waals surface area contributed by atoms with Gasteiger partial charge in [0, 0.05) is 32.2 Å². The maximum Gasteiger partial charge on any atom is 0.409 e. The van der Waals surface area contributed by atoms with Crippen LogP contribution < -0.4 is 5.32 Å². The number of carbonyl (C=O) groups is 2. The number of likely N-dealkylation sites (N-methyl/N-ethyl adjacent to an activating group) is 1. The van der Waals surface area contributed by atoms with E-state index in [4.69, 9.17) is 9.47 Å². The van der Waals surface area contributed by atoms with Crippen LogP contribution in [0.3, 0.4) is 0 Å². The maximum atomic E-state index is 13.2. The molecule has 1 aliphatic heterocycles. The van der Waals surface area contributed by atoms with Crippen molar-refractivity contribution in [2.75, 3.05) is 40.0 Å². The largest absolute Gasteiger partial charge is 0.450 e. The normalized spacial score (nSPS) is 16.1. The molecule has 1 aromatic carbocycles. The molecule has 1 heterocycles. The van der Waals surface area contributed by atoms with Crippen molar-refractivity contribution in [3.8, 4) is 0 Å². The number of nitrogens with zero attached hydrogens (tertiary/aromatic N) is 1. The summed E-state index contributed by atoms with van der Waals surface area (Å²) < 4.78 is 23.5. The molecule has 0 aliphatic carbocycles. The number of hydrogen-bond donors (Lipinski definition) is 1. The first-order chi connectivity index (χ1) is 12.0. The van der Waals surface area contributed by atoms with Crippen molar-refractivity contribution in [2.24, 2.45) is 0 Å². The monoisotopic (exact) mass is 352 g/mol. The molecule has 25 heavy (non-hydrogen) atoms. The predicted molar refractivity (Wildman–Crippen MR) is 90.8 cm³/mol. The van der Waals surface area contributed by atoms with Crippen molar-refractivity contribution >= 4 is 12.0 Å². The van der Waals surface area contributed by atoms with Crippen LogP contribution in [0.15, 0.2) is 24.3 Å². The van der Waals surface area contributed by atoms with Crippen molar-refractivity contribution in [3.05, 3.63) is 35.6 Å². The van der Waals surface area contributed by atoms with Gasteiger partial charge in [0.15, 0.2) is 0 Å². The summed E-state index contributed by atoms with van der Waals surface area (Å²) >= 11 is 0. The van der Waals surface area contributed by atoms with E-state index < -0.39 is 6.09 Å². The Morgan fingerprint density at radius 3 is 2.52 bits per heavy atom. The minimum Gasteiger partial charge on any atom is -0.450 e. The van der Waals surface area contributed by atoms with Crippen LogP contribution in [0.2, 0.25) is 0 Å². The average molecular weight is 352 g/mol. The molecule has 0 bridgehead atoms. The van der Waals surface area contributed by atoms with Crippen LogP contribution >= 0.6 is 0 Å². The quantitative estimate of drug-likeness (QED) is 0.851. The molecule has 0 aromatic heterocycles. The average Bonchev–Trinajstić information content (AvgIpc) is 2.61. The summed E-state index contributed by atoms with van der Waals surface area (Å²) in [6.07, 6.45) is 0.955. The van der Waals surface area contributed by atoms with Gasteiger partial charge in [0.05, 0.1) is 6.61 Å². The van der Waals surface area contributed by atoms with E-state index >= 15 is 0 Å². The number of ether oxygens (including phenoxy) is 2. The van der Waals surface area contributed by atoms with Gasteiger partial charge in [-0.25, -0.2) is 9.18 Å². The van der Waals surface area contributed by atoms with Crippen LogP contribution in [-0.4, -0.2) is 56.9 Å². The van der Waals surface area contributed by atoms with Crippen LogP contribution in [-0.2, 0) is 19.7 Å². The molecule has 2 rings (SSSR count). The summed E-state index contributed by atoms with van der Waals surface area (Å²) in [6.45, 7) is 3.50. The molecule has 138 valence electrons. The Bertz CT molecular complexity index is 585. The molecule has 0 spiro atoms. The maximum absolute atomic E-state index is 13.2. The third kappa shape index (κ3) is 5.16. The molecule has 1 N–H and O–H groups in total. The molecule has 0 saturated carbocycles. The third-order valence-corrected chi connectivity index (χ3v) is 4.49. The highest BCUT2D eigenvalue weighted by molar-refractivity contribution is 5.82. The van der Waals surface area contributed by atoms with E-state index in [1.807, 2.05) is 0 Å². The summed E-state index contributed by atoms with van der Waals surface area (Å²) in [7, 11) is 1.52. The van der Waals surface area contributed by atoms with Crippen molar-refractivity contribution in [2.45, 2.75) is 25.2 Å². The van der Waals surface area contributed by atoms with Crippen molar-refractivity contribution in [1.29, 1.82) is 0 Å². The highest BCUT2D eigenvalue weighted by Gasteiger charge is 2.35. The fourth-order valence-electron chi connectivity index (χ4n) is 2.97. The van der Waals surface area contributed by atoms with Crippen LogP contribution in [0, 0.1) is 5.82 Å². The van der Waals surface area contributed by atoms with Crippen molar-refractivity contribution in [1.82, 2.24) is 10.2 Å². The second-order valence-electron chi connectivity index (χ2n) is 6.23. The second-order valence-corrected chi connectivity index (χ2v) is 6.23. The molecule has 0 unspecified atom stereocenters. The van der Waals surface area contributed by atoms with E-state index in [1.165, 1.54) is 24.1 Å². The summed E-state index contributed by atoms with van der Waals surface area (Å²) in [5.41, 5.74) is 0.695. The van der Waals surface area contributed by atoms with E-state index in [2.05, 4.69) is 5.32 Å². The van der Waals surface area contributed by atoms with Crippen LogP contribution in [0.5, 0.6) is 0 Å². The smallest absolute Gasteiger partial charge is 0.409 e. The first kappa shape index (κ1) is 19.2. The molecule has 7 heteroatoms. The third-order valence-electron chi connectivity index (χ3n) is 4.49. The Balaban J connectivity index is 1.99. The van der Waals surface area contributed by atoms with Gasteiger partial charge in [0.2, 0.25) is 5.91 Å². The number of rotatable bonds is 6. The fourth-order valence-corrected chi connectivity index (χ4v) is 2.97. The first-order valence-corrected chi connectivity index (χ1v) is 8.45. The van der Waals surface area contributed by atoms with E-state index in [0.717, 1.165) is 18.4 Å². The summed E-state index contributed by atoms with van der Waals surface area (Å²) in [5.74, 6) is -0.547. The molecule has 1 aliphatic rings.